The van der Waals surface area contributed by atoms with Gasteiger partial charge in [0, 0.05) is 31.7 Å². The summed E-state index contributed by atoms with van der Waals surface area (Å²) >= 11 is 0. The summed E-state index contributed by atoms with van der Waals surface area (Å²) in [6.07, 6.45) is 8.14. The van der Waals surface area contributed by atoms with Gasteiger partial charge in [-0.1, -0.05) is 36.4 Å². The Kier molecular flexibility index (Phi) is 8.64. The number of primary amides is 1. The maximum atomic E-state index is 12.5. The van der Waals surface area contributed by atoms with Gasteiger partial charge in [0.05, 0.1) is 12.1 Å². The number of nitrogens with zero attached hydrogens (tertiary/aromatic N) is 4. The van der Waals surface area contributed by atoms with Gasteiger partial charge in [-0.15, -0.1) is 0 Å². The van der Waals surface area contributed by atoms with E-state index in [0.717, 1.165) is 81.0 Å². The van der Waals surface area contributed by atoms with Crippen molar-refractivity contribution in [2.24, 2.45) is 5.73 Å². The van der Waals surface area contributed by atoms with Gasteiger partial charge in [-0.2, -0.15) is 0 Å². The van der Waals surface area contributed by atoms with Gasteiger partial charge >= 0.3 is 0 Å². The van der Waals surface area contributed by atoms with Crippen molar-refractivity contribution in [1.29, 1.82) is 0 Å². The monoisotopic (exact) mass is 581 g/mol. The van der Waals surface area contributed by atoms with E-state index in [-0.39, 0.29) is 23.4 Å². The SMILES string of the molecule is NC(=O)c1ncc(N2CCCCC2)nc1Nc1ccc(C2CCN(Cc3ccccc3C3CCC(=O)NC3=O)CC2)cc1. The Morgan fingerprint density at radius 2 is 1.70 bits per heavy atom. The van der Waals surface area contributed by atoms with Crippen molar-refractivity contribution in [3.05, 3.63) is 77.1 Å². The van der Waals surface area contributed by atoms with Crippen LogP contribution in [0.15, 0.2) is 54.7 Å². The Labute approximate surface area is 252 Å². The third-order valence-electron chi connectivity index (χ3n) is 8.97. The number of nitrogens with one attached hydrogen (secondary N) is 2. The molecule has 0 saturated carbocycles. The van der Waals surface area contributed by atoms with Crippen molar-refractivity contribution in [2.45, 2.75) is 63.3 Å². The second-order valence-electron chi connectivity index (χ2n) is 11.8. The van der Waals surface area contributed by atoms with Crippen LogP contribution in [0.3, 0.4) is 0 Å². The molecule has 3 fully saturated rings. The predicted octanol–water partition coefficient (Wildman–Crippen LogP) is 4.21. The molecule has 4 N–H and O–H groups in total. The molecule has 3 amide bonds. The number of hydrogen-bond donors (Lipinski definition) is 3. The fraction of sp³-hybridized carbons (Fsp3) is 0.424. The molecule has 43 heavy (non-hydrogen) atoms. The second kappa shape index (κ2) is 12.9. The van der Waals surface area contributed by atoms with Gasteiger partial charge in [0.15, 0.2) is 11.5 Å². The van der Waals surface area contributed by atoms with Gasteiger partial charge < -0.3 is 16.0 Å². The van der Waals surface area contributed by atoms with E-state index in [1.807, 2.05) is 30.3 Å². The van der Waals surface area contributed by atoms with E-state index in [9.17, 15) is 14.4 Å². The second-order valence-corrected chi connectivity index (χ2v) is 11.8. The zero-order valence-corrected chi connectivity index (χ0v) is 24.4. The third-order valence-corrected chi connectivity index (χ3v) is 8.97. The van der Waals surface area contributed by atoms with Crippen molar-refractivity contribution in [3.63, 3.8) is 0 Å². The summed E-state index contributed by atoms with van der Waals surface area (Å²) in [5.41, 5.74) is 10.1. The minimum absolute atomic E-state index is 0.136. The minimum Gasteiger partial charge on any atom is -0.364 e. The number of benzene rings is 2. The highest BCUT2D eigenvalue weighted by molar-refractivity contribution is 6.01. The van der Waals surface area contributed by atoms with E-state index in [2.05, 4.69) is 43.6 Å². The molecule has 3 saturated heterocycles. The Balaban J connectivity index is 1.07. The maximum absolute atomic E-state index is 12.5. The quantitative estimate of drug-likeness (QED) is 0.337. The average molecular weight is 582 g/mol. The van der Waals surface area contributed by atoms with Crippen LogP contribution in [0.4, 0.5) is 17.3 Å². The number of imide groups is 1. The number of anilines is 3. The highest BCUT2D eigenvalue weighted by Gasteiger charge is 2.30. The van der Waals surface area contributed by atoms with Crippen LogP contribution in [-0.4, -0.2) is 58.8 Å². The number of piperidine rings is 3. The van der Waals surface area contributed by atoms with Gasteiger partial charge in [-0.05, 0) is 86.4 Å². The van der Waals surface area contributed by atoms with E-state index >= 15 is 0 Å². The molecule has 3 aliphatic heterocycles. The van der Waals surface area contributed by atoms with E-state index in [4.69, 9.17) is 10.7 Å². The van der Waals surface area contributed by atoms with Crippen molar-refractivity contribution in [1.82, 2.24) is 20.2 Å². The standard InChI is InChI=1S/C33H39N7O3/c34-31(42)30-32(37-28(20-35-30)40-16-4-1-5-17-40)36-25-10-8-22(9-11-25)23-14-18-39(19-15-23)21-24-6-2-3-7-26(24)27-12-13-29(41)38-33(27)43/h2-3,6-11,20,23,27H,1,4-5,12-19,21H2,(H2,34,42)(H,36,37)(H,38,41,43). The molecule has 4 heterocycles. The van der Waals surface area contributed by atoms with Crippen LogP contribution in [0.5, 0.6) is 0 Å². The van der Waals surface area contributed by atoms with Gasteiger partial charge in [0.1, 0.15) is 5.82 Å². The van der Waals surface area contributed by atoms with Crippen molar-refractivity contribution < 1.29 is 14.4 Å². The van der Waals surface area contributed by atoms with Crippen LogP contribution < -0.4 is 21.3 Å². The lowest BCUT2D eigenvalue weighted by Crippen LogP contribution is -2.40. The lowest BCUT2D eigenvalue weighted by atomic mass is 9.86. The van der Waals surface area contributed by atoms with E-state index in [1.54, 1.807) is 6.20 Å². The van der Waals surface area contributed by atoms with Gasteiger partial charge in [0.2, 0.25) is 11.8 Å². The Morgan fingerprint density at radius 3 is 2.42 bits per heavy atom. The Hall–Kier alpha value is -4.31. The molecule has 3 aromatic rings. The predicted molar refractivity (Wildman–Crippen MR) is 165 cm³/mol. The first kappa shape index (κ1) is 28.8. The average Bonchev–Trinajstić information content (AvgIpc) is 3.03. The summed E-state index contributed by atoms with van der Waals surface area (Å²) in [6, 6.07) is 16.5. The molecule has 0 bridgehead atoms. The first-order chi connectivity index (χ1) is 20.9. The smallest absolute Gasteiger partial charge is 0.271 e. The van der Waals surface area contributed by atoms with Crippen molar-refractivity contribution in [2.75, 3.05) is 36.4 Å². The number of carbonyl (C=O) groups excluding carboxylic acids is 3. The zero-order valence-electron chi connectivity index (χ0n) is 24.4. The summed E-state index contributed by atoms with van der Waals surface area (Å²) in [6.45, 7) is 4.60. The summed E-state index contributed by atoms with van der Waals surface area (Å²) < 4.78 is 0. The highest BCUT2D eigenvalue weighted by Crippen LogP contribution is 2.33. The number of aromatic nitrogens is 2. The van der Waals surface area contributed by atoms with Crippen molar-refractivity contribution in [3.8, 4) is 0 Å². The van der Waals surface area contributed by atoms with Gasteiger partial charge in [-0.3, -0.25) is 24.6 Å². The molecule has 3 aliphatic rings. The van der Waals surface area contributed by atoms with Crippen molar-refractivity contribution >= 4 is 35.0 Å². The summed E-state index contributed by atoms with van der Waals surface area (Å²) in [7, 11) is 0. The first-order valence-corrected chi connectivity index (χ1v) is 15.4. The van der Waals surface area contributed by atoms with E-state index in [1.165, 1.54) is 12.0 Å². The number of carbonyl (C=O) groups is 3. The van der Waals surface area contributed by atoms with E-state index in [0.29, 0.717) is 24.6 Å². The molecule has 2 aromatic carbocycles. The Morgan fingerprint density at radius 1 is 0.953 bits per heavy atom. The first-order valence-electron chi connectivity index (χ1n) is 15.4. The number of nitrogens with two attached hydrogens (primary N) is 1. The van der Waals surface area contributed by atoms with Crippen LogP contribution in [0, 0.1) is 0 Å². The number of amides is 3. The number of rotatable bonds is 8. The van der Waals surface area contributed by atoms with Crippen LogP contribution >= 0.6 is 0 Å². The molecule has 224 valence electrons. The van der Waals surface area contributed by atoms with Crippen LogP contribution in [0.25, 0.3) is 0 Å². The zero-order chi connectivity index (χ0) is 29.8. The van der Waals surface area contributed by atoms with Crippen LogP contribution in [-0.2, 0) is 16.1 Å². The van der Waals surface area contributed by atoms with E-state index < -0.39 is 5.91 Å². The molecule has 0 spiro atoms. The largest absolute Gasteiger partial charge is 0.364 e. The van der Waals surface area contributed by atoms with Crippen LogP contribution in [0.2, 0.25) is 0 Å². The molecule has 10 heteroatoms. The molecular formula is C33H39N7O3. The molecule has 0 aliphatic carbocycles. The molecule has 1 atom stereocenters. The maximum Gasteiger partial charge on any atom is 0.271 e. The lowest BCUT2D eigenvalue weighted by Gasteiger charge is -2.33. The number of hydrogen-bond acceptors (Lipinski definition) is 8. The highest BCUT2D eigenvalue weighted by atomic mass is 16.2. The number of likely N-dealkylation sites (tertiary alicyclic amines) is 1. The fourth-order valence-corrected chi connectivity index (χ4v) is 6.57. The molecule has 6 rings (SSSR count). The molecule has 1 unspecified atom stereocenters. The topological polar surface area (TPSA) is 134 Å². The van der Waals surface area contributed by atoms with Crippen LogP contribution in [0.1, 0.15) is 84.0 Å². The van der Waals surface area contributed by atoms with Gasteiger partial charge in [0.25, 0.3) is 5.91 Å². The normalized spacial score (nSPS) is 20.1. The summed E-state index contributed by atoms with van der Waals surface area (Å²) in [4.78, 5) is 49.9. The van der Waals surface area contributed by atoms with Gasteiger partial charge in [-0.25, -0.2) is 9.97 Å². The third kappa shape index (κ3) is 6.69. The molecule has 10 nitrogen and oxygen atoms in total. The minimum atomic E-state index is -0.608. The summed E-state index contributed by atoms with van der Waals surface area (Å²) in [5.74, 6) is 0.353. The lowest BCUT2D eigenvalue weighted by molar-refractivity contribution is -0.134. The Bertz CT molecular complexity index is 1480. The molecule has 1 aromatic heterocycles. The molecule has 0 radical (unpaired) electrons. The fourth-order valence-electron chi connectivity index (χ4n) is 6.57. The molecular weight excluding hydrogens is 542 g/mol. The summed E-state index contributed by atoms with van der Waals surface area (Å²) in [5, 5.41) is 5.78.